The molecule has 6 aromatic rings. The van der Waals surface area contributed by atoms with Gasteiger partial charge in [-0.1, -0.05) is 61.4 Å². The van der Waals surface area contributed by atoms with Crippen molar-refractivity contribution in [3.8, 4) is 44.8 Å². The van der Waals surface area contributed by atoms with Crippen LogP contribution >= 0.6 is 0 Å². The van der Waals surface area contributed by atoms with E-state index in [9.17, 15) is 21.9 Å². The molecular formula is C44H47F2N9O5S2. The monoisotopic (exact) mass is 883 g/mol. The van der Waals surface area contributed by atoms with Gasteiger partial charge in [-0.05, 0) is 86.1 Å². The van der Waals surface area contributed by atoms with Crippen molar-refractivity contribution in [3.05, 3.63) is 121 Å². The van der Waals surface area contributed by atoms with Gasteiger partial charge in [-0.15, -0.1) is 0 Å². The number of sulfonamides is 2. The summed E-state index contributed by atoms with van der Waals surface area (Å²) in [6, 6.07) is 21.1. The van der Waals surface area contributed by atoms with Crippen LogP contribution in [0.2, 0.25) is 0 Å². The molecule has 4 aromatic carbocycles. The van der Waals surface area contributed by atoms with Crippen LogP contribution in [0.5, 0.6) is 0 Å². The number of nitrogens with two attached hydrogens (primary N) is 3. The maximum Gasteiger partial charge on any atom is 0.241 e. The fourth-order valence-electron chi connectivity index (χ4n) is 7.56. The topological polar surface area (TPSA) is 242 Å². The third-order valence-corrected chi connectivity index (χ3v) is 13.9. The molecule has 0 amide bonds. The van der Waals surface area contributed by atoms with Crippen molar-refractivity contribution in [2.45, 2.75) is 79.3 Å². The van der Waals surface area contributed by atoms with E-state index in [0.29, 0.717) is 54.4 Å². The van der Waals surface area contributed by atoms with Crippen LogP contribution in [0.4, 0.5) is 20.4 Å². The predicted octanol–water partition coefficient (Wildman–Crippen LogP) is 6.50. The van der Waals surface area contributed by atoms with Gasteiger partial charge in [-0.25, -0.2) is 45.0 Å². The van der Waals surface area contributed by atoms with Gasteiger partial charge in [-0.2, -0.15) is 0 Å². The van der Waals surface area contributed by atoms with Gasteiger partial charge in [0.25, 0.3) is 0 Å². The second-order valence-corrected chi connectivity index (χ2v) is 18.7. The fourth-order valence-corrected chi connectivity index (χ4v) is 10.4. The highest BCUT2D eigenvalue weighted by Crippen LogP contribution is 2.35. The van der Waals surface area contributed by atoms with Gasteiger partial charge in [0.05, 0.1) is 51.6 Å². The van der Waals surface area contributed by atoms with E-state index in [1.165, 1.54) is 55.0 Å². The number of aromatic nitrogens is 4. The number of hydrogen-bond donors (Lipinski definition) is 6. The molecule has 0 aliphatic heterocycles. The first-order chi connectivity index (χ1) is 29.7. The van der Waals surface area contributed by atoms with E-state index in [1.807, 2.05) is 0 Å². The molecule has 1 saturated carbocycles. The minimum Gasteiger partial charge on any atom is -0.387 e. The van der Waals surface area contributed by atoms with Crippen LogP contribution in [-0.2, 0) is 20.0 Å². The Morgan fingerprint density at radius 1 is 0.677 bits per heavy atom. The summed E-state index contributed by atoms with van der Waals surface area (Å²) in [5.41, 5.74) is 19.5. The van der Waals surface area contributed by atoms with Crippen molar-refractivity contribution < 1.29 is 30.7 Å². The van der Waals surface area contributed by atoms with Crippen molar-refractivity contribution in [2.75, 3.05) is 18.0 Å². The Bertz CT molecular complexity index is 2770. The van der Waals surface area contributed by atoms with E-state index in [1.54, 1.807) is 48.5 Å². The van der Waals surface area contributed by atoms with Gasteiger partial charge in [0, 0.05) is 40.9 Å². The van der Waals surface area contributed by atoms with E-state index in [-0.39, 0.29) is 74.7 Å². The lowest BCUT2D eigenvalue weighted by molar-refractivity contribution is 0.159. The second-order valence-electron chi connectivity index (χ2n) is 15.2. The molecule has 1 atom stereocenters. The normalized spacial score (nSPS) is 16.3. The lowest BCUT2D eigenvalue weighted by Crippen LogP contribution is -2.40. The molecule has 1 aliphatic rings. The molecule has 324 valence electrons. The molecule has 18 heteroatoms. The number of halogens is 2. The van der Waals surface area contributed by atoms with Crippen LogP contribution in [0, 0.1) is 11.6 Å². The molecule has 0 radical (unpaired) electrons. The Labute approximate surface area is 359 Å². The molecule has 0 spiro atoms. The first kappa shape index (κ1) is 44.3. The molecular weight excluding hydrogens is 837 g/mol. The van der Waals surface area contributed by atoms with Crippen LogP contribution in [0.1, 0.15) is 63.2 Å². The van der Waals surface area contributed by atoms with Crippen LogP contribution < -0.4 is 26.6 Å². The number of aliphatic hydroxyl groups is 1. The molecule has 9 N–H and O–H groups in total. The minimum atomic E-state index is -4.01. The smallest absolute Gasteiger partial charge is 0.241 e. The Morgan fingerprint density at radius 2 is 1.27 bits per heavy atom. The molecule has 1 unspecified atom stereocenters. The molecule has 62 heavy (non-hydrogen) atoms. The molecule has 2 heterocycles. The van der Waals surface area contributed by atoms with Crippen LogP contribution in [-0.4, -0.2) is 60.5 Å². The highest BCUT2D eigenvalue weighted by Gasteiger charge is 2.27. The van der Waals surface area contributed by atoms with E-state index in [0.717, 1.165) is 12.8 Å². The zero-order chi connectivity index (χ0) is 44.0. The number of rotatable bonds is 16. The number of anilines is 2. The zero-order valence-electron chi connectivity index (χ0n) is 33.6. The Balaban J connectivity index is 0.975. The molecule has 0 saturated heterocycles. The van der Waals surface area contributed by atoms with Crippen LogP contribution in [0.3, 0.4) is 0 Å². The fraction of sp³-hybridized carbons (Fsp3) is 0.273. The van der Waals surface area contributed by atoms with E-state index >= 15 is 8.78 Å². The van der Waals surface area contributed by atoms with Gasteiger partial charge < -0.3 is 22.3 Å². The standard InChI is InChI=1S/C44H47F2N9O5S2/c45-35-22-27(13-19-33(35)37-24-51-41(48)25-50-37)31-8-3-5-11-39(31)61(57,58)53-21-7-1-2-10-38(56)44-43(52-26-42(49)54-44)34-20-14-28(23-36(34)46)32-9-4-6-12-40(32)62(59,60)55-30-17-15-29(47)16-18-30/h3-6,8-9,11-14,19-20,22-26,29-30,38,53,55-56H,1-2,7,10,15-18,21,47H2,(H2,48,51)(H2,49,54). The van der Waals surface area contributed by atoms with Gasteiger partial charge in [0.1, 0.15) is 23.3 Å². The number of nitrogens with zero attached hydrogens (tertiary/aromatic N) is 4. The Morgan fingerprint density at radius 3 is 1.89 bits per heavy atom. The van der Waals surface area contributed by atoms with Crippen molar-refractivity contribution in [1.82, 2.24) is 29.4 Å². The summed E-state index contributed by atoms with van der Waals surface area (Å²) in [6.45, 7) is 0.0898. The van der Waals surface area contributed by atoms with Gasteiger partial charge in [-0.3, -0.25) is 9.97 Å². The number of hydrogen-bond acceptors (Lipinski definition) is 12. The summed E-state index contributed by atoms with van der Waals surface area (Å²) in [4.78, 5) is 16.7. The second kappa shape index (κ2) is 19.1. The first-order valence-corrected chi connectivity index (χ1v) is 23.1. The Kier molecular flexibility index (Phi) is 13.6. The summed E-state index contributed by atoms with van der Waals surface area (Å²) in [5, 5.41) is 11.3. The van der Waals surface area contributed by atoms with Crippen LogP contribution in [0.15, 0.2) is 113 Å². The van der Waals surface area contributed by atoms with Gasteiger partial charge >= 0.3 is 0 Å². The van der Waals surface area contributed by atoms with E-state index < -0.39 is 37.8 Å². The number of nitrogen functional groups attached to an aromatic ring is 2. The summed E-state index contributed by atoms with van der Waals surface area (Å²) < 4.78 is 90.6. The lowest BCUT2D eigenvalue weighted by Gasteiger charge is -2.27. The molecule has 7 rings (SSSR count). The highest BCUT2D eigenvalue weighted by molar-refractivity contribution is 7.90. The number of unbranched alkanes of at least 4 members (excludes halogenated alkanes) is 2. The van der Waals surface area contributed by atoms with Crippen molar-refractivity contribution in [1.29, 1.82) is 0 Å². The number of nitrogens with one attached hydrogen (secondary N) is 2. The zero-order valence-corrected chi connectivity index (χ0v) is 35.2. The van der Waals surface area contributed by atoms with Gasteiger partial charge in [0.2, 0.25) is 20.0 Å². The molecule has 1 aliphatic carbocycles. The quantitative estimate of drug-likeness (QED) is 0.0571. The minimum absolute atomic E-state index is 0.0187. The molecule has 0 bridgehead atoms. The van der Waals surface area contributed by atoms with Crippen molar-refractivity contribution in [3.63, 3.8) is 0 Å². The predicted molar refractivity (Wildman–Crippen MR) is 234 cm³/mol. The molecule has 2 aromatic heterocycles. The summed E-state index contributed by atoms with van der Waals surface area (Å²) in [7, 11) is -7.96. The van der Waals surface area contributed by atoms with E-state index in [2.05, 4.69) is 29.4 Å². The summed E-state index contributed by atoms with van der Waals surface area (Å²) >= 11 is 0. The summed E-state index contributed by atoms with van der Waals surface area (Å²) in [6.07, 6.45) is 7.04. The van der Waals surface area contributed by atoms with Crippen LogP contribution in [0.25, 0.3) is 44.8 Å². The average Bonchev–Trinajstić information content (AvgIpc) is 3.26. The maximum atomic E-state index is 16.0. The maximum absolute atomic E-state index is 16.0. The lowest BCUT2D eigenvalue weighted by atomic mass is 9.93. The molecule has 1 fully saturated rings. The Hall–Kier alpha value is -5.76. The first-order valence-electron chi connectivity index (χ1n) is 20.1. The molecule has 14 nitrogen and oxygen atoms in total. The third-order valence-electron chi connectivity index (χ3n) is 10.8. The van der Waals surface area contributed by atoms with Crippen molar-refractivity contribution >= 4 is 31.7 Å². The number of aliphatic hydroxyl groups excluding tert-OH is 1. The third kappa shape index (κ3) is 10.3. The SMILES string of the molecule is Nc1cnc(-c2ccc(-c3ccccc3S(=O)(=O)NCCCCCC(O)c3nc(N)cnc3-c3ccc(-c4ccccc4S(=O)(=O)NC4CCC(N)CC4)cc3F)cc2F)cn1. The van der Waals surface area contributed by atoms with Gasteiger partial charge in [0.15, 0.2) is 0 Å². The van der Waals surface area contributed by atoms with Crippen molar-refractivity contribution in [2.24, 2.45) is 5.73 Å². The highest BCUT2D eigenvalue weighted by atomic mass is 32.2. The average molecular weight is 884 g/mol. The summed E-state index contributed by atoms with van der Waals surface area (Å²) in [5.74, 6) is -1.10. The van der Waals surface area contributed by atoms with E-state index in [4.69, 9.17) is 17.2 Å². The number of benzene rings is 4. The largest absolute Gasteiger partial charge is 0.387 e.